The molecular weight excluding hydrogens is 263 g/mol. The van der Waals surface area contributed by atoms with Crippen LogP contribution in [-0.2, 0) is 4.79 Å². The minimum atomic E-state index is -1.13. The lowest BCUT2D eigenvalue weighted by atomic mass is 10.4. The van der Waals surface area contributed by atoms with E-state index in [2.05, 4.69) is 5.32 Å². The Hall–Kier alpha value is -0.660. The zero-order valence-electron chi connectivity index (χ0n) is 5.71. The molecular formula is C5H7IN2O3. The maximum absolute atomic E-state index is 10.5. The number of aliphatic hydroxyl groups is 1. The molecule has 1 rings (SSSR count). The van der Waals surface area contributed by atoms with Gasteiger partial charge in [0.15, 0.2) is 9.87 Å². The molecule has 0 aromatic rings. The van der Waals surface area contributed by atoms with E-state index in [0.29, 0.717) is 0 Å². The number of alkyl halides is 1. The molecule has 0 amide bonds. The normalized spacial score (nSPS) is 23.8. The van der Waals surface area contributed by atoms with Gasteiger partial charge in [0.25, 0.3) is 0 Å². The number of aliphatic carboxylic acids is 1. The number of carboxylic acids is 1. The SMILES string of the molecule is CN1C(C(=O)O)=C(O)NC1I. The van der Waals surface area contributed by atoms with Crippen LogP contribution in [-0.4, -0.2) is 32.3 Å². The summed E-state index contributed by atoms with van der Waals surface area (Å²) in [5.74, 6) is -1.41. The van der Waals surface area contributed by atoms with E-state index in [1.807, 2.05) is 22.6 Å². The van der Waals surface area contributed by atoms with Crippen molar-refractivity contribution < 1.29 is 15.0 Å². The Morgan fingerprint density at radius 3 is 2.55 bits per heavy atom. The maximum atomic E-state index is 10.5. The number of nitrogens with one attached hydrogen (secondary N) is 1. The van der Waals surface area contributed by atoms with Gasteiger partial charge in [0.05, 0.1) is 0 Å². The Morgan fingerprint density at radius 2 is 2.36 bits per heavy atom. The molecule has 0 aromatic carbocycles. The van der Waals surface area contributed by atoms with E-state index in [0.717, 1.165) is 0 Å². The van der Waals surface area contributed by atoms with Gasteiger partial charge < -0.3 is 20.4 Å². The van der Waals surface area contributed by atoms with Gasteiger partial charge in [0.2, 0.25) is 5.88 Å². The van der Waals surface area contributed by atoms with E-state index in [4.69, 9.17) is 10.2 Å². The largest absolute Gasteiger partial charge is 0.493 e. The Kier molecular flexibility index (Phi) is 2.12. The third kappa shape index (κ3) is 1.35. The molecule has 0 bridgehead atoms. The van der Waals surface area contributed by atoms with Crippen LogP contribution >= 0.6 is 22.6 Å². The third-order valence-electron chi connectivity index (χ3n) is 1.38. The second-order valence-corrected chi connectivity index (χ2v) is 3.27. The van der Waals surface area contributed by atoms with Crippen LogP contribution in [0.5, 0.6) is 0 Å². The molecule has 1 aliphatic heterocycles. The second-order valence-electron chi connectivity index (χ2n) is 2.09. The van der Waals surface area contributed by atoms with Crippen molar-refractivity contribution in [2.75, 3.05) is 7.05 Å². The van der Waals surface area contributed by atoms with Gasteiger partial charge in [0, 0.05) is 7.05 Å². The van der Waals surface area contributed by atoms with Crippen LogP contribution in [0, 0.1) is 0 Å². The summed E-state index contributed by atoms with van der Waals surface area (Å²) in [4.78, 5) is 11.9. The number of carbonyl (C=O) groups is 1. The minimum Gasteiger partial charge on any atom is -0.493 e. The smallest absolute Gasteiger partial charge is 0.357 e. The maximum Gasteiger partial charge on any atom is 0.357 e. The van der Waals surface area contributed by atoms with Crippen LogP contribution in [0.25, 0.3) is 0 Å². The van der Waals surface area contributed by atoms with Crippen molar-refractivity contribution in [2.24, 2.45) is 0 Å². The first-order valence-corrected chi connectivity index (χ1v) is 4.08. The second kappa shape index (κ2) is 2.76. The highest BCUT2D eigenvalue weighted by Crippen LogP contribution is 2.20. The topological polar surface area (TPSA) is 72.8 Å². The van der Waals surface area contributed by atoms with Crippen molar-refractivity contribution in [3.8, 4) is 0 Å². The van der Waals surface area contributed by atoms with Gasteiger partial charge >= 0.3 is 5.97 Å². The van der Waals surface area contributed by atoms with Gasteiger partial charge in [-0.15, -0.1) is 0 Å². The predicted octanol–water partition coefficient (Wildman–Crippen LogP) is 0.0517. The van der Waals surface area contributed by atoms with Gasteiger partial charge in [0.1, 0.15) is 0 Å². The van der Waals surface area contributed by atoms with E-state index in [9.17, 15) is 4.79 Å². The van der Waals surface area contributed by atoms with Crippen molar-refractivity contribution in [2.45, 2.75) is 4.17 Å². The lowest BCUT2D eigenvalue weighted by molar-refractivity contribution is -0.134. The van der Waals surface area contributed by atoms with E-state index >= 15 is 0 Å². The molecule has 1 heterocycles. The highest BCUT2D eigenvalue weighted by atomic mass is 127. The van der Waals surface area contributed by atoms with Crippen molar-refractivity contribution in [3.63, 3.8) is 0 Å². The molecule has 3 N–H and O–H groups in total. The Labute approximate surface area is 76.8 Å². The van der Waals surface area contributed by atoms with Crippen LogP contribution in [0.4, 0.5) is 0 Å². The number of halogens is 1. The summed E-state index contributed by atoms with van der Waals surface area (Å²) < 4.78 is -0.196. The fourth-order valence-corrected chi connectivity index (χ4v) is 1.38. The molecule has 11 heavy (non-hydrogen) atoms. The number of rotatable bonds is 1. The van der Waals surface area contributed by atoms with Crippen LogP contribution in [0.15, 0.2) is 11.6 Å². The molecule has 0 saturated carbocycles. The minimum absolute atomic E-state index is 0.0931. The van der Waals surface area contributed by atoms with E-state index < -0.39 is 5.97 Å². The summed E-state index contributed by atoms with van der Waals surface area (Å²) in [6.07, 6.45) is 0. The van der Waals surface area contributed by atoms with Crippen molar-refractivity contribution in [1.29, 1.82) is 0 Å². The van der Waals surface area contributed by atoms with Gasteiger partial charge in [-0.1, -0.05) is 0 Å². The van der Waals surface area contributed by atoms with Gasteiger partial charge in [-0.25, -0.2) is 4.79 Å². The monoisotopic (exact) mass is 270 g/mol. The first-order chi connectivity index (χ1) is 5.04. The Morgan fingerprint density at radius 1 is 1.82 bits per heavy atom. The first-order valence-electron chi connectivity index (χ1n) is 2.84. The quantitative estimate of drug-likeness (QED) is 0.357. The zero-order valence-corrected chi connectivity index (χ0v) is 7.86. The summed E-state index contributed by atoms with van der Waals surface area (Å²) in [5, 5.41) is 20.2. The van der Waals surface area contributed by atoms with Gasteiger partial charge in [-0.05, 0) is 22.6 Å². The van der Waals surface area contributed by atoms with E-state index in [1.165, 1.54) is 4.90 Å². The van der Waals surface area contributed by atoms with Gasteiger partial charge in [-0.3, -0.25) is 0 Å². The highest BCUT2D eigenvalue weighted by molar-refractivity contribution is 14.1. The van der Waals surface area contributed by atoms with Crippen LogP contribution in [0.2, 0.25) is 0 Å². The molecule has 0 fully saturated rings. The Bertz CT molecular complexity index is 228. The van der Waals surface area contributed by atoms with Crippen molar-refractivity contribution in [1.82, 2.24) is 10.2 Å². The zero-order chi connectivity index (χ0) is 8.59. The number of aliphatic hydroxyl groups excluding tert-OH is 1. The molecule has 62 valence electrons. The summed E-state index contributed by atoms with van der Waals surface area (Å²) in [6, 6.07) is 0. The lowest BCUT2D eigenvalue weighted by Gasteiger charge is -2.15. The third-order valence-corrected chi connectivity index (χ3v) is 2.52. The molecule has 0 aliphatic carbocycles. The fourth-order valence-electron chi connectivity index (χ4n) is 0.811. The molecule has 0 radical (unpaired) electrons. The predicted molar refractivity (Wildman–Crippen MR) is 46.0 cm³/mol. The molecule has 0 aromatic heterocycles. The number of hydrogen-bond acceptors (Lipinski definition) is 4. The molecule has 1 aliphatic rings. The van der Waals surface area contributed by atoms with Crippen LogP contribution < -0.4 is 5.32 Å². The average Bonchev–Trinajstić information content (AvgIpc) is 2.07. The number of carboxylic acid groups (broad SMARTS) is 1. The molecule has 1 unspecified atom stereocenters. The summed E-state index contributed by atoms with van der Waals surface area (Å²) in [5.41, 5.74) is -0.0931. The average molecular weight is 270 g/mol. The molecule has 6 heteroatoms. The molecule has 0 saturated heterocycles. The molecule has 0 spiro atoms. The Balaban J connectivity index is 2.91. The van der Waals surface area contributed by atoms with Crippen LogP contribution in [0.1, 0.15) is 0 Å². The highest BCUT2D eigenvalue weighted by Gasteiger charge is 2.30. The summed E-state index contributed by atoms with van der Waals surface area (Å²) in [6.45, 7) is 0. The van der Waals surface area contributed by atoms with E-state index in [1.54, 1.807) is 7.05 Å². The fraction of sp³-hybridized carbons (Fsp3) is 0.400. The first kappa shape index (κ1) is 8.44. The number of nitrogens with zero attached hydrogens (tertiary/aromatic N) is 1. The van der Waals surface area contributed by atoms with Crippen LogP contribution in [0.3, 0.4) is 0 Å². The summed E-state index contributed by atoms with van der Waals surface area (Å²) >= 11 is 1.97. The standard InChI is InChI=1S/C5H7IN2O3/c1-8-2(4(10)11)3(9)7-5(8)6/h5,7,9H,1H3,(H,10,11). The van der Waals surface area contributed by atoms with Crippen molar-refractivity contribution >= 4 is 28.6 Å². The molecule has 5 nitrogen and oxygen atoms in total. The lowest BCUT2D eigenvalue weighted by Crippen LogP contribution is -2.29. The summed E-state index contributed by atoms with van der Waals surface area (Å²) in [7, 11) is 1.59. The number of likely N-dealkylation sites (N-methyl/N-ethyl adjacent to an activating group) is 1. The van der Waals surface area contributed by atoms with Gasteiger partial charge in [-0.2, -0.15) is 0 Å². The molecule has 1 atom stereocenters. The van der Waals surface area contributed by atoms with Crippen molar-refractivity contribution in [3.05, 3.63) is 11.6 Å². The number of hydrogen-bond donors (Lipinski definition) is 3. The van der Waals surface area contributed by atoms with E-state index in [-0.39, 0.29) is 15.8 Å².